The van der Waals surface area contributed by atoms with E-state index in [0.717, 1.165) is 63.7 Å². The molecule has 328 valence electrons. The Hall–Kier alpha value is -5.49. The van der Waals surface area contributed by atoms with Gasteiger partial charge < -0.3 is 20.2 Å². The second-order valence-corrected chi connectivity index (χ2v) is 18.1. The molecule has 0 unspecified atom stereocenters. The lowest BCUT2D eigenvalue weighted by Crippen LogP contribution is -2.64. The number of nitrogens with zero attached hydrogens (tertiary/aromatic N) is 6. The standard InChI is InChI=1S/C44H47F5N8O5/c1-41(2,62)29-21-33-25(18-34(29)51-39(60)32-4-3-5-35(50-32)44(47,48)49)24-57(53-33)43-11-8-42(9-12-43,10-13-43)56-16-14-54(15-17-56)40(61)26-22-55(23-26)27-19-30(45)37(31(46)20-27)28-6-7-36(58)52-38(28)59/h3-5,18-21,24,26,28,62H,6-17,22-23H2,1-2H3,(H,51,60)(H,52,58,59)/t28-,42?,43?/m1/s1. The zero-order valence-electron chi connectivity index (χ0n) is 34.3. The average molecular weight is 863 g/mol. The molecule has 3 saturated carbocycles. The summed E-state index contributed by atoms with van der Waals surface area (Å²) < 4.78 is 72.3. The zero-order valence-corrected chi connectivity index (χ0v) is 34.3. The fourth-order valence-electron chi connectivity index (χ4n) is 10.4. The van der Waals surface area contributed by atoms with Crippen molar-refractivity contribution in [1.29, 1.82) is 0 Å². The largest absolute Gasteiger partial charge is 0.433 e. The van der Waals surface area contributed by atoms with Crippen molar-refractivity contribution < 1.29 is 46.2 Å². The Morgan fingerprint density at radius 2 is 1.55 bits per heavy atom. The summed E-state index contributed by atoms with van der Waals surface area (Å²) >= 11 is 0. The first-order valence-corrected chi connectivity index (χ1v) is 21.1. The van der Waals surface area contributed by atoms with Gasteiger partial charge in [-0.2, -0.15) is 18.3 Å². The summed E-state index contributed by atoms with van der Waals surface area (Å²) in [6, 6.07) is 8.90. The number of carbonyl (C=O) groups is 4. The molecule has 62 heavy (non-hydrogen) atoms. The molecule has 4 aromatic rings. The first kappa shape index (κ1) is 41.8. The fraction of sp³-hybridized carbons (Fsp3) is 0.500. The number of nitrogens with one attached hydrogen (secondary N) is 2. The molecule has 0 radical (unpaired) electrons. The smallest absolute Gasteiger partial charge is 0.386 e. The van der Waals surface area contributed by atoms with Crippen molar-refractivity contribution >= 4 is 45.9 Å². The molecule has 3 aliphatic heterocycles. The van der Waals surface area contributed by atoms with Crippen molar-refractivity contribution in [3.05, 3.63) is 82.8 Å². The molecule has 13 nitrogen and oxygen atoms in total. The van der Waals surface area contributed by atoms with E-state index >= 15 is 8.78 Å². The number of piperazine rings is 1. The van der Waals surface area contributed by atoms with Crippen LogP contribution in [0.1, 0.15) is 98.4 Å². The van der Waals surface area contributed by atoms with Crippen LogP contribution < -0.4 is 15.5 Å². The molecule has 2 bridgehead atoms. The monoisotopic (exact) mass is 862 g/mol. The van der Waals surface area contributed by atoms with Gasteiger partial charge in [-0.3, -0.25) is 34.1 Å². The molecule has 0 spiro atoms. The zero-order chi connectivity index (χ0) is 43.9. The summed E-state index contributed by atoms with van der Waals surface area (Å²) in [5.74, 6) is -5.06. The van der Waals surface area contributed by atoms with E-state index in [1.165, 1.54) is 18.2 Å². The van der Waals surface area contributed by atoms with Crippen LogP contribution >= 0.6 is 0 Å². The summed E-state index contributed by atoms with van der Waals surface area (Å²) in [5, 5.41) is 21.6. The third-order valence-corrected chi connectivity index (χ3v) is 14.0. The van der Waals surface area contributed by atoms with Gasteiger partial charge in [0.2, 0.25) is 17.7 Å². The van der Waals surface area contributed by atoms with E-state index in [1.807, 2.05) is 15.8 Å². The molecule has 1 atom stereocenters. The van der Waals surface area contributed by atoms with E-state index in [4.69, 9.17) is 5.10 Å². The molecule has 3 aliphatic carbocycles. The third kappa shape index (κ3) is 7.47. The van der Waals surface area contributed by atoms with Crippen LogP contribution in [0.4, 0.5) is 33.3 Å². The molecule has 2 aromatic carbocycles. The van der Waals surface area contributed by atoms with Gasteiger partial charge in [-0.15, -0.1) is 0 Å². The van der Waals surface area contributed by atoms with E-state index in [-0.39, 0.29) is 47.0 Å². The molecule has 3 N–H and O–H groups in total. The van der Waals surface area contributed by atoms with Crippen LogP contribution in [0, 0.1) is 17.6 Å². The van der Waals surface area contributed by atoms with Crippen LogP contribution in [0.5, 0.6) is 0 Å². The Labute approximate surface area is 353 Å². The number of pyridine rings is 1. The predicted molar refractivity (Wildman–Crippen MR) is 216 cm³/mol. The minimum Gasteiger partial charge on any atom is -0.386 e. The molecule has 3 saturated heterocycles. The third-order valence-electron chi connectivity index (χ3n) is 14.0. The lowest BCUT2D eigenvalue weighted by Gasteiger charge is -2.59. The van der Waals surface area contributed by atoms with E-state index in [0.29, 0.717) is 48.3 Å². The highest BCUT2D eigenvalue weighted by atomic mass is 19.4. The van der Waals surface area contributed by atoms with Crippen molar-refractivity contribution in [3.8, 4) is 0 Å². The number of aliphatic hydroxyl groups is 1. The summed E-state index contributed by atoms with van der Waals surface area (Å²) in [4.78, 5) is 60.2. The summed E-state index contributed by atoms with van der Waals surface area (Å²) in [7, 11) is 0. The van der Waals surface area contributed by atoms with Gasteiger partial charge in [-0.1, -0.05) is 6.07 Å². The van der Waals surface area contributed by atoms with Crippen LogP contribution in [0.15, 0.2) is 48.7 Å². The number of halogens is 5. The second-order valence-electron chi connectivity index (χ2n) is 18.1. The maximum absolute atomic E-state index is 15.2. The van der Waals surface area contributed by atoms with Gasteiger partial charge in [0.1, 0.15) is 23.0 Å². The number of imide groups is 1. The summed E-state index contributed by atoms with van der Waals surface area (Å²) in [6.07, 6.45) is 2.77. The Balaban J connectivity index is 0.811. The van der Waals surface area contributed by atoms with Gasteiger partial charge in [-0.05, 0) is 95.2 Å². The minimum atomic E-state index is -4.72. The van der Waals surface area contributed by atoms with E-state index < -0.39 is 58.4 Å². The lowest BCUT2D eigenvalue weighted by molar-refractivity contribution is -0.141. The average Bonchev–Trinajstić information content (AvgIpc) is 3.65. The molecular weight excluding hydrogens is 816 g/mol. The normalized spacial score (nSPS) is 24.9. The first-order chi connectivity index (χ1) is 29.3. The van der Waals surface area contributed by atoms with Gasteiger partial charge in [-0.25, -0.2) is 13.8 Å². The van der Waals surface area contributed by atoms with Gasteiger partial charge in [0.15, 0.2) is 0 Å². The number of rotatable bonds is 8. The van der Waals surface area contributed by atoms with Crippen LogP contribution in [0.2, 0.25) is 0 Å². The number of amides is 4. The van der Waals surface area contributed by atoms with E-state index in [9.17, 15) is 37.5 Å². The molecule has 6 aliphatic rings. The Morgan fingerprint density at radius 1 is 0.903 bits per heavy atom. The van der Waals surface area contributed by atoms with Crippen molar-refractivity contribution in [2.24, 2.45) is 5.92 Å². The number of fused-ring (bicyclic) bond motifs is 4. The van der Waals surface area contributed by atoms with E-state index in [1.54, 1.807) is 30.9 Å². The lowest BCUT2D eigenvalue weighted by atomic mass is 9.60. The second kappa shape index (κ2) is 15.1. The number of anilines is 2. The predicted octanol–water partition coefficient (Wildman–Crippen LogP) is 5.81. The molecular formula is C44H47F5N8O5. The number of piperidine rings is 1. The molecule has 4 amide bonds. The topological polar surface area (TPSA) is 153 Å². The van der Waals surface area contributed by atoms with Gasteiger partial charge >= 0.3 is 6.18 Å². The number of benzene rings is 2. The number of aromatic nitrogens is 3. The van der Waals surface area contributed by atoms with Crippen LogP contribution in [-0.4, -0.2) is 98.1 Å². The van der Waals surface area contributed by atoms with Gasteiger partial charge in [0.05, 0.1) is 28.5 Å². The van der Waals surface area contributed by atoms with Crippen molar-refractivity contribution in [2.45, 2.75) is 94.0 Å². The van der Waals surface area contributed by atoms with Crippen LogP contribution in [0.25, 0.3) is 10.9 Å². The Morgan fingerprint density at radius 3 is 2.16 bits per heavy atom. The van der Waals surface area contributed by atoms with Gasteiger partial charge in [0.25, 0.3) is 5.91 Å². The molecule has 6 fully saturated rings. The quantitative estimate of drug-likeness (QED) is 0.147. The molecule has 5 heterocycles. The number of hydrogen-bond donors (Lipinski definition) is 3. The summed E-state index contributed by atoms with van der Waals surface area (Å²) in [6.45, 7) is 6.43. The molecule has 2 aromatic heterocycles. The first-order valence-electron chi connectivity index (χ1n) is 21.1. The minimum absolute atomic E-state index is 0.00780. The maximum Gasteiger partial charge on any atom is 0.433 e. The maximum atomic E-state index is 15.2. The SMILES string of the molecule is CC(C)(O)c1cc2nn(C34CCC(N5CCN(C(=O)C6CN(c7cc(F)c([C@H]8CCC(=O)NC8=O)c(F)c7)C6)CC5)(CC3)CC4)cc2cc1NC(=O)c1cccc(C(F)(F)F)n1. The molecule has 10 rings (SSSR count). The van der Waals surface area contributed by atoms with Crippen molar-refractivity contribution in [1.82, 2.24) is 29.9 Å². The van der Waals surface area contributed by atoms with Crippen molar-refractivity contribution in [2.75, 3.05) is 49.5 Å². The highest BCUT2D eigenvalue weighted by Crippen LogP contribution is 2.54. The molecule has 18 heteroatoms. The summed E-state index contributed by atoms with van der Waals surface area (Å²) in [5.41, 5.74) is -2.05. The van der Waals surface area contributed by atoms with Crippen molar-refractivity contribution in [3.63, 3.8) is 0 Å². The number of carbonyl (C=O) groups excluding carboxylic acids is 4. The van der Waals surface area contributed by atoms with Crippen LogP contribution in [0.3, 0.4) is 0 Å². The number of alkyl halides is 3. The Kier molecular flexibility index (Phi) is 10.2. The highest BCUT2D eigenvalue weighted by Gasteiger charge is 2.53. The highest BCUT2D eigenvalue weighted by molar-refractivity contribution is 6.04. The van der Waals surface area contributed by atoms with Crippen LogP contribution in [-0.2, 0) is 31.7 Å². The Bertz CT molecular complexity index is 2440. The van der Waals surface area contributed by atoms with E-state index in [2.05, 4.69) is 20.5 Å². The van der Waals surface area contributed by atoms with Gasteiger partial charge in [0, 0.05) is 85.3 Å². The fourth-order valence-corrected chi connectivity index (χ4v) is 10.4. The number of hydrogen-bond acceptors (Lipinski definition) is 9.